The summed E-state index contributed by atoms with van der Waals surface area (Å²) in [6.07, 6.45) is -1.82. The number of ether oxygens (including phenoxy) is 1. The summed E-state index contributed by atoms with van der Waals surface area (Å²) in [7, 11) is 0. The van der Waals surface area contributed by atoms with E-state index >= 15 is 0 Å². The minimum absolute atomic E-state index is 0.150. The molecule has 0 amide bonds. The lowest BCUT2D eigenvalue weighted by atomic mass is 10.1. The van der Waals surface area contributed by atoms with Crippen LogP contribution in [-0.2, 0) is 9.53 Å². The number of carbonyl (C=O) groups excluding carboxylic acids is 2. The van der Waals surface area contributed by atoms with Crippen molar-refractivity contribution in [1.29, 1.82) is 0 Å². The van der Waals surface area contributed by atoms with Gasteiger partial charge < -0.3 is 9.84 Å². The summed E-state index contributed by atoms with van der Waals surface area (Å²) >= 11 is 11.5. The van der Waals surface area contributed by atoms with Crippen molar-refractivity contribution in [1.82, 2.24) is 0 Å². The number of aliphatic hydroxyl groups excluding tert-OH is 1. The van der Waals surface area contributed by atoms with Gasteiger partial charge in [-0.15, -0.1) is 0 Å². The van der Waals surface area contributed by atoms with E-state index < -0.39 is 17.9 Å². The molecule has 0 bridgehead atoms. The lowest BCUT2D eigenvalue weighted by Crippen LogP contribution is -2.26. The maximum Gasteiger partial charge on any atom is 0.335 e. The fourth-order valence-electron chi connectivity index (χ4n) is 1.28. The summed E-state index contributed by atoms with van der Waals surface area (Å²) in [6.45, 7) is 1.77. The number of Topliss-reactive ketones (excluding diaryl/α,β-unsaturated/α-hetero) is 1. The predicted molar refractivity (Wildman–Crippen MR) is 68.0 cm³/mol. The Morgan fingerprint density at radius 2 is 2.00 bits per heavy atom. The molecule has 6 heteroatoms. The quantitative estimate of drug-likeness (QED) is 0.668. The smallest absolute Gasteiger partial charge is 0.335 e. The first-order valence-electron chi connectivity index (χ1n) is 5.28. The van der Waals surface area contributed by atoms with Gasteiger partial charge in [-0.25, -0.2) is 4.79 Å². The van der Waals surface area contributed by atoms with E-state index in [2.05, 4.69) is 4.74 Å². The van der Waals surface area contributed by atoms with E-state index in [0.29, 0.717) is 5.02 Å². The summed E-state index contributed by atoms with van der Waals surface area (Å²) in [6, 6.07) is 4.35. The molecule has 1 aromatic rings. The highest BCUT2D eigenvalue weighted by atomic mass is 35.5. The Bertz CT molecular complexity index is 459. The van der Waals surface area contributed by atoms with Gasteiger partial charge >= 0.3 is 5.97 Å². The van der Waals surface area contributed by atoms with Crippen molar-refractivity contribution in [3.8, 4) is 0 Å². The fraction of sp³-hybridized carbons (Fsp3) is 0.333. The summed E-state index contributed by atoms with van der Waals surface area (Å²) in [5.74, 6) is -1.22. The van der Waals surface area contributed by atoms with E-state index in [1.54, 1.807) is 6.92 Å². The monoisotopic (exact) mass is 290 g/mol. The van der Waals surface area contributed by atoms with Gasteiger partial charge in [0, 0.05) is 12.0 Å². The molecule has 98 valence electrons. The molecular weight excluding hydrogens is 279 g/mol. The first-order chi connectivity index (χ1) is 8.45. The number of aliphatic hydroxyl groups is 1. The first kappa shape index (κ1) is 15.0. The summed E-state index contributed by atoms with van der Waals surface area (Å²) in [4.78, 5) is 22.9. The van der Waals surface area contributed by atoms with Gasteiger partial charge in [-0.1, -0.05) is 23.2 Å². The topological polar surface area (TPSA) is 63.6 Å². The molecule has 0 saturated heterocycles. The van der Waals surface area contributed by atoms with Crippen LogP contribution in [0.1, 0.15) is 23.7 Å². The van der Waals surface area contributed by atoms with Crippen LogP contribution in [0.25, 0.3) is 0 Å². The minimum Gasteiger partial charge on any atom is -0.464 e. The number of benzene rings is 1. The van der Waals surface area contributed by atoms with Crippen LogP contribution in [0.2, 0.25) is 10.0 Å². The standard InChI is InChI=1S/C12H12Cl2O4/c1-2-18-12(17)11(16)6-10(15)7-3-4-8(13)9(14)5-7/h3-5,11,16H,2,6H2,1H3. The third-order valence-corrected chi connectivity index (χ3v) is 2.92. The Morgan fingerprint density at radius 1 is 1.33 bits per heavy atom. The van der Waals surface area contributed by atoms with Crippen molar-refractivity contribution < 1.29 is 19.4 Å². The molecule has 0 aliphatic rings. The third-order valence-electron chi connectivity index (χ3n) is 2.18. The molecule has 0 aromatic heterocycles. The van der Waals surface area contributed by atoms with Gasteiger partial charge in [0.25, 0.3) is 0 Å². The predicted octanol–water partition coefficient (Wildman–Crippen LogP) is 2.49. The van der Waals surface area contributed by atoms with Gasteiger partial charge in [0.1, 0.15) is 0 Å². The van der Waals surface area contributed by atoms with Crippen LogP contribution < -0.4 is 0 Å². The van der Waals surface area contributed by atoms with E-state index in [0.717, 1.165) is 0 Å². The Balaban J connectivity index is 2.70. The van der Waals surface area contributed by atoms with Crippen LogP contribution in [0.15, 0.2) is 18.2 Å². The molecule has 0 spiro atoms. The summed E-state index contributed by atoms with van der Waals surface area (Å²) in [5, 5.41) is 10.0. The number of rotatable bonds is 5. The Hall–Kier alpha value is -1.10. The Kier molecular flexibility index (Phi) is 5.59. The van der Waals surface area contributed by atoms with E-state index in [-0.39, 0.29) is 23.6 Å². The molecule has 0 aliphatic heterocycles. The van der Waals surface area contributed by atoms with Crippen molar-refractivity contribution in [2.75, 3.05) is 6.61 Å². The Morgan fingerprint density at radius 3 is 2.56 bits per heavy atom. The molecule has 0 heterocycles. The molecule has 4 nitrogen and oxygen atoms in total. The molecule has 1 aromatic carbocycles. The number of hydrogen-bond donors (Lipinski definition) is 1. The second-order valence-corrected chi connectivity index (χ2v) is 4.34. The number of ketones is 1. The number of esters is 1. The number of halogens is 2. The average molecular weight is 291 g/mol. The highest BCUT2D eigenvalue weighted by Crippen LogP contribution is 2.23. The highest BCUT2D eigenvalue weighted by molar-refractivity contribution is 6.42. The average Bonchev–Trinajstić information content (AvgIpc) is 2.32. The zero-order valence-electron chi connectivity index (χ0n) is 9.65. The summed E-state index contributed by atoms with van der Waals surface area (Å²) < 4.78 is 4.59. The van der Waals surface area contributed by atoms with Crippen molar-refractivity contribution in [2.24, 2.45) is 0 Å². The molecule has 18 heavy (non-hydrogen) atoms. The van der Waals surface area contributed by atoms with Crippen LogP contribution in [0.3, 0.4) is 0 Å². The maximum absolute atomic E-state index is 11.8. The van der Waals surface area contributed by atoms with Gasteiger partial charge in [-0.2, -0.15) is 0 Å². The van der Waals surface area contributed by atoms with Crippen LogP contribution in [0, 0.1) is 0 Å². The van der Waals surface area contributed by atoms with E-state index in [1.165, 1.54) is 18.2 Å². The maximum atomic E-state index is 11.8. The molecule has 0 radical (unpaired) electrons. The molecule has 1 atom stereocenters. The van der Waals surface area contributed by atoms with Gasteiger partial charge in [0.05, 0.1) is 16.7 Å². The van der Waals surface area contributed by atoms with Crippen molar-refractivity contribution in [3.05, 3.63) is 33.8 Å². The molecule has 1 unspecified atom stereocenters. The zero-order chi connectivity index (χ0) is 13.7. The van der Waals surface area contributed by atoms with Gasteiger partial charge in [0.2, 0.25) is 0 Å². The fourth-order valence-corrected chi connectivity index (χ4v) is 1.58. The zero-order valence-corrected chi connectivity index (χ0v) is 11.2. The first-order valence-corrected chi connectivity index (χ1v) is 6.04. The highest BCUT2D eigenvalue weighted by Gasteiger charge is 2.21. The van der Waals surface area contributed by atoms with Crippen molar-refractivity contribution in [3.63, 3.8) is 0 Å². The van der Waals surface area contributed by atoms with Gasteiger partial charge in [-0.3, -0.25) is 4.79 Å². The lowest BCUT2D eigenvalue weighted by Gasteiger charge is -2.09. The van der Waals surface area contributed by atoms with E-state index in [9.17, 15) is 14.7 Å². The second-order valence-electron chi connectivity index (χ2n) is 3.52. The van der Waals surface area contributed by atoms with Crippen LogP contribution in [0.5, 0.6) is 0 Å². The minimum atomic E-state index is -1.47. The number of hydrogen-bond acceptors (Lipinski definition) is 4. The molecule has 1 N–H and O–H groups in total. The van der Waals surface area contributed by atoms with Crippen LogP contribution in [0.4, 0.5) is 0 Å². The second kappa shape index (κ2) is 6.73. The van der Waals surface area contributed by atoms with Crippen molar-refractivity contribution >= 4 is 35.0 Å². The van der Waals surface area contributed by atoms with Crippen molar-refractivity contribution in [2.45, 2.75) is 19.4 Å². The largest absolute Gasteiger partial charge is 0.464 e. The van der Waals surface area contributed by atoms with Gasteiger partial charge in [0.15, 0.2) is 11.9 Å². The van der Waals surface area contributed by atoms with E-state index in [4.69, 9.17) is 23.2 Å². The van der Waals surface area contributed by atoms with Crippen LogP contribution >= 0.6 is 23.2 Å². The Labute approximate surface area is 114 Å². The van der Waals surface area contributed by atoms with Gasteiger partial charge in [-0.05, 0) is 25.1 Å². The van der Waals surface area contributed by atoms with Crippen LogP contribution in [-0.4, -0.2) is 29.6 Å². The molecule has 0 aliphatic carbocycles. The normalized spacial score (nSPS) is 12.0. The SMILES string of the molecule is CCOC(=O)C(O)CC(=O)c1ccc(Cl)c(Cl)c1. The lowest BCUT2D eigenvalue weighted by molar-refractivity contribution is -0.152. The van der Waals surface area contributed by atoms with E-state index in [1.807, 2.05) is 0 Å². The molecule has 1 rings (SSSR count). The summed E-state index contributed by atoms with van der Waals surface area (Å²) in [5.41, 5.74) is 0.285. The molecular formula is C12H12Cl2O4. The number of carbonyl (C=O) groups is 2. The third kappa shape index (κ3) is 3.98. The molecule has 0 fully saturated rings. The molecule has 0 saturated carbocycles.